The third kappa shape index (κ3) is 2.13. The smallest absolute Gasteiger partial charge is 0.326 e. The average molecular weight is 292 g/mol. The second-order valence-corrected chi connectivity index (χ2v) is 6.01. The van der Waals surface area contributed by atoms with Gasteiger partial charge >= 0.3 is 5.97 Å². The van der Waals surface area contributed by atoms with Gasteiger partial charge in [0.2, 0.25) is 0 Å². The summed E-state index contributed by atoms with van der Waals surface area (Å²) in [6, 6.07) is -0.705. The second-order valence-electron chi connectivity index (χ2n) is 6.01. The van der Waals surface area contributed by atoms with Crippen LogP contribution < -0.4 is 0 Å². The van der Waals surface area contributed by atoms with Crippen LogP contribution in [-0.4, -0.2) is 39.6 Å². The first-order valence-corrected chi connectivity index (χ1v) is 7.53. The molecule has 6 nitrogen and oxygen atoms in total. The number of carbonyl (C=O) groups is 2. The van der Waals surface area contributed by atoms with Crippen molar-refractivity contribution < 1.29 is 19.2 Å². The van der Waals surface area contributed by atoms with Gasteiger partial charge in [0.1, 0.15) is 17.4 Å². The fourth-order valence-electron chi connectivity index (χ4n) is 3.91. The molecule has 2 fully saturated rings. The second kappa shape index (κ2) is 5.16. The number of rotatable bonds is 3. The Morgan fingerprint density at radius 1 is 1.43 bits per heavy atom. The van der Waals surface area contributed by atoms with Crippen LogP contribution in [0.1, 0.15) is 48.0 Å². The molecule has 3 atom stereocenters. The summed E-state index contributed by atoms with van der Waals surface area (Å²) in [5, 5.41) is 13.4. The molecule has 1 aromatic rings. The van der Waals surface area contributed by atoms with E-state index in [-0.39, 0.29) is 11.8 Å². The van der Waals surface area contributed by atoms with Gasteiger partial charge in [0, 0.05) is 6.54 Å². The number of carboxylic acids is 1. The number of aromatic nitrogens is 1. The summed E-state index contributed by atoms with van der Waals surface area (Å²) in [6.07, 6.45) is 3.57. The molecule has 0 aromatic carbocycles. The molecule has 21 heavy (non-hydrogen) atoms. The summed E-state index contributed by atoms with van der Waals surface area (Å²) in [5.41, 5.74) is 1.06. The molecule has 0 bridgehead atoms. The van der Waals surface area contributed by atoms with Crippen molar-refractivity contribution in [1.29, 1.82) is 0 Å². The highest BCUT2D eigenvalue weighted by Gasteiger charge is 2.50. The molecule has 1 N–H and O–H groups in total. The van der Waals surface area contributed by atoms with Crippen LogP contribution in [0.3, 0.4) is 0 Å². The Hall–Kier alpha value is -1.85. The first-order chi connectivity index (χ1) is 10.0. The number of fused-ring (bicyclic) bond motifs is 1. The standard InChI is InChI=1S/C15H20N2O4/c1-3-11-12(8(2)21-16-11)14(18)17-7-9-5-4-6-10(9)13(17)15(19)20/h9-10,13H,3-7H2,1-2H3,(H,19,20). The predicted octanol–water partition coefficient (Wildman–Crippen LogP) is 1.87. The van der Waals surface area contributed by atoms with Gasteiger partial charge in [0.05, 0.1) is 5.69 Å². The summed E-state index contributed by atoms with van der Waals surface area (Å²) >= 11 is 0. The first-order valence-electron chi connectivity index (χ1n) is 7.53. The average Bonchev–Trinajstić information content (AvgIpc) is 3.09. The van der Waals surface area contributed by atoms with Gasteiger partial charge in [-0.15, -0.1) is 0 Å². The Balaban J connectivity index is 1.93. The summed E-state index contributed by atoms with van der Waals surface area (Å²) in [5.74, 6) is -0.257. The Bertz CT molecular complexity index is 580. The van der Waals surface area contributed by atoms with Crippen molar-refractivity contribution in [3.8, 4) is 0 Å². The lowest BCUT2D eigenvalue weighted by Gasteiger charge is -2.24. The molecule has 1 saturated heterocycles. The minimum Gasteiger partial charge on any atom is -0.480 e. The summed E-state index contributed by atoms with van der Waals surface area (Å²) in [7, 11) is 0. The highest BCUT2D eigenvalue weighted by atomic mass is 16.5. The zero-order chi connectivity index (χ0) is 15.1. The van der Waals surface area contributed by atoms with Crippen LogP contribution in [0.15, 0.2) is 4.52 Å². The van der Waals surface area contributed by atoms with Crippen LogP contribution in [0.5, 0.6) is 0 Å². The van der Waals surface area contributed by atoms with E-state index in [0.717, 1.165) is 19.3 Å². The Morgan fingerprint density at radius 2 is 2.19 bits per heavy atom. The van der Waals surface area contributed by atoms with Crippen LogP contribution in [0.4, 0.5) is 0 Å². The Kier molecular flexibility index (Phi) is 3.47. The molecule has 0 radical (unpaired) electrons. The number of amides is 1. The maximum atomic E-state index is 12.8. The number of aryl methyl sites for hydroxylation is 2. The van der Waals surface area contributed by atoms with E-state index in [1.807, 2.05) is 6.92 Å². The number of likely N-dealkylation sites (tertiary alicyclic amines) is 1. The first kappa shape index (κ1) is 14.1. The molecule has 2 heterocycles. The molecule has 0 spiro atoms. The van der Waals surface area contributed by atoms with E-state index in [4.69, 9.17) is 4.52 Å². The number of hydrogen-bond acceptors (Lipinski definition) is 4. The number of carbonyl (C=O) groups excluding carboxylic acids is 1. The fraction of sp³-hybridized carbons (Fsp3) is 0.667. The van der Waals surface area contributed by atoms with E-state index in [1.54, 1.807) is 6.92 Å². The van der Waals surface area contributed by atoms with Gasteiger partial charge in [0.25, 0.3) is 5.91 Å². The van der Waals surface area contributed by atoms with Gasteiger partial charge in [-0.05, 0) is 38.0 Å². The van der Waals surface area contributed by atoms with E-state index in [0.29, 0.717) is 35.9 Å². The van der Waals surface area contributed by atoms with Gasteiger partial charge in [-0.25, -0.2) is 4.79 Å². The van der Waals surface area contributed by atoms with Gasteiger partial charge in [-0.3, -0.25) is 4.79 Å². The van der Waals surface area contributed by atoms with Gasteiger partial charge in [-0.1, -0.05) is 18.5 Å². The molecule has 1 aromatic heterocycles. The summed E-state index contributed by atoms with van der Waals surface area (Å²) < 4.78 is 5.11. The highest BCUT2D eigenvalue weighted by molar-refractivity contribution is 5.98. The minimum atomic E-state index is -0.898. The molecule has 3 rings (SSSR count). The normalized spacial score (nSPS) is 27.9. The van der Waals surface area contributed by atoms with Crippen LogP contribution in [0, 0.1) is 18.8 Å². The number of aliphatic carboxylic acids is 1. The molecular formula is C15H20N2O4. The van der Waals surface area contributed by atoms with Crippen LogP contribution in [0.2, 0.25) is 0 Å². The van der Waals surface area contributed by atoms with Crippen molar-refractivity contribution in [3.05, 3.63) is 17.0 Å². The van der Waals surface area contributed by atoms with Crippen molar-refractivity contribution in [2.75, 3.05) is 6.54 Å². The lowest BCUT2D eigenvalue weighted by Crippen LogP contribution is -2.43. The number of nitrogens with zero attached hydrogens (tertiary/aromatic N) is 2. The highest BCUT2D eigenvalue weighted by Crippen LogP contribution is 2.43. The quantitative estimate of drug-likeness (QED) is 0.919. The summed E-state index contributed by atoms with van der Waals surface area (Å²) in [6.45, 7) is 4.14. The van der Waals surface area contributed by atoms with Gasteiger partial charge in [-0.2, -0.15) is 0 Å². The van der Waals surface area contributed by atoms with Crippen molar-refractivity contribution in [1.82, 2.24) is 10.1 Å². The van der Waals surface area contributed by atoms with Crippen LogP contribution in [-0.2, 0) is 11.2 Å². The largest absolute Gasteiger partial charge is 0.480 e. The maximum absolute atomic E-state index is 12.8. The van der Waals surface area contributed by atoms with Crippen molar-refractivity contribution in [3.63, 3.8) is 0 Å². The third-order valence-electron chi connectivity index (χ3n) is 4.89. The molecule has 1 aliphatic carbocycles. The molecule has 1 amide bonds. The van der Waals surface area contributed by atoms with Crippen molar-refractivity contribution >= 4 is 11.9 Å². The zero-order valence-electron chi connectivity index (χ0n) is 12.3. The van der Waals surface area contributed by atoms with Gasteiger partial charge < -0.3 is 14.5 Å². The minimum absolute atomic E-state index is 0.0942. The van der Waals surface area contributed by atoms with E-state index < -0.39 is 12.0 Å². The topological polar surface area (TPSA) is 83.6 Å². The fourth-order valence-corrected chi connectivity index (χ4v) is 3.91. The maximum Gasteiger partial charge on any atom is 0.326 e. The lowest BCUT2D eigenvalue weighted by atomic mass is 9.94. The molecule has 1 saturated carbocycles. The van der Waals surface area contributed by atoms with E-state index in [2.05, 4.69) is 5.16 Å². The molecule has 114 valence electrons. The van der Waals surface area contributed by atoms with E-state index in [1.165, 1.54) is 4.90 Å². The predicted molar refractivity (Wildman–Crippen MR) is 73.9 cm³/mol. The van der Waals surface area contributed by atoms with Crippen molar-refractivity contribution in [2.24, 2.45) is 11.8 Å². The Labute approximate surface area is 123 Å². The zero-order valence-corrected chi connectivity index (χ0v) is 12.3. The molecule has 6 heteroatoms. The Morgan fingerprint density at radius 3 is 2.86 bits per heavy atom. The SMILES string of the molecule is CCc1noc(C)c1C(=O)N1CC2CCCC2C1C(=O)O. The lowest BCUT2D eigenvalue weighted by molar-refractivity contribution is -0.142. The molecule has 2 aliphatic rings. The molecular weight excluding hydrogens is 272 g/mol. The number of carboxylic acid groups (broad SMARTS) is 1. The monoisotopic (exact) mass is 292 g/mol. The third-order valence-corrected chi connectivity index (χ3v) is 4.89. The summed E-state index contributed by atoms with van der Waals surface area (Å²) in [4.78, 5) is 26.0. The number of hydrogen-bond donors (Lipinski definition) is 1. The van der Waals surface area contributed by atoms with Crippen LogP contribution in [0.25, 0.3) is 0 Å². The van der Waals surface area contributed by atoms with Gasteiger partial charge in [0.15, 0.2) is 0 Å². The molecule has 3 unspecified atom stereocenters. The molecule has 1 aliphatic heterocycles. The van der Waals surface area contributed by atoms with E-state index in [9.17, 15) is 14.7 Å². The van der Waals surface area contributed by atoms with Crippen LogP contribution >= 0.6 is 0 Å². The van der Waals surface area contributed by atoms with Crippen molar-refractivity contribution in [2.45, 2.75) is 45.6 Å². The van der Waals surface area contributed by atoms with E-state index >= 15 is 0 Å².